The van der Waals surface area contributed by atoms with Crippen LogP contribution in [0.5, 0.6) is 0 Å². The number of nitrogens with one attached hydrogen (secondary N) is 2. The summed E-state index contributed by atoms with van der Waals surface area (Å²) in [4.78, 5) is 11.4. The van der Waals surface area contributed by atoms with E-state index in [4.69, 9.17) is 0 Å². The van der Waals surface area contributed by atoms with Gasteiger partial charge >= 0.3 is 0 Å². The molecule has 0 spiro atoms. The summed E-state index contributed by atoms with van der Waals surface area (Å²) in [6.45, 7) is 7.44. The van der Waals surface area contributed by atoms with Gasteiger partial charge in [0.1, 0.15) is 0 Å². The van der Waals surface area contributed by atoms with Crippen LogP contribution < -0.4 is 10.6 Å². The molecule has 0 saturated carbocycles. The molecular formula is C10H18N2O. The lowest BCUT2D eigenvalue weighted by Gasteiger charge is -2.10. The van der Waals surface area contributed by atoms with Gasteiger partial charge < -0.3 is 10.6 Å². The predicted molar refractivity (Wildman–Crippen MR) is 53.5 cm³/mol. The second kappa shape index (κ2) is 5.02. The van der Waals surface area contributed by atoms with Crippen molar-refractivity contribution < 1.29 is 4.79 Å². The fraction of sp³-hybridized carbons (Fsp3) is 0.700. The molecule has 1 rings (SSSR count). The monoisotopic (exact) mass is 182 g/mol. The Bertz CT molecular complexity index is 195. The lowest BCUT2D eigenvalue weighted by atomic mass is 10.2. The maximum Gasteiger partial charge on any atom is 0.237 e. The van der Waals surface area contributed by atoms with Gasteiger partial charge in [0.15, 0.2) is 0 Å². The molecule has 0 aromatic carbocycles. The fourth-order valence-electron chi connectivity index (χ4n) is 1.43. The topological polar surface area (TPSA) is 41.1 Å². The summed E-state index contributed by atoms with van der Waals surface area (Å²) in [5.74, 6) is 0.138. The molecule has 74 valence electrons. The standard InChI is InChI=1S/C10H18N2O/c1-8(2)5-7-12-10(13)9-4-3-6-11-9/h9,11H,1,3-7H2,2H3,(H,12,13). The van der Waals surface area contributed by atoms with Crippen LogP contribution in [-0.2, 0) is 4.79 Å². The molecule has 3 heteroatoms. The maximum atomic E-state index is 11.4. The first kappa shape index (κ1) is 10.3. The lowest BCUT2D eigenvalue weighted by Crippen LogP contribution is -2.40. The Balaban J connectivity index is 2.13. The molecule has 1 fully saturated rings. The highest BCUT2D eigenvalue weighted by molar-refractivity contribution is 5.81. The molecule has 0 bridgehead atoms. The number of rotatable bonds is 4. The molecule has 0 radical (unpaired) electrons. The average Bonchev–Trinajstić information content (AvgIpc) is 2.55. The van der Waals surface area contributed by atoms with E-state index in [1.165, 1.54) is 0 Å². The Kier molecular flexibility index (Phi) is 3.96. The zero-order valence-electron chi connectivity index (χ0n) is 8.23. The van der Waals surface area contributed by atoms with E-state index in [-0.39, 0.29) is 11.9 Å². The third kappa shape index (κ3) is 3.59. The van der Waals surface area contributed by atoms with Gasteiger partial charge in [0.05, 0.1) is 6.04 Å². The van der Waals surface area contributed by atoms with Crippen LogP contribution in [0.4, 0.5) is 0 Å². The molecule has 1 amide bonds. The number of carbonyl (C=O) groups is 1. The van der Waals surface area contributed by atoms with Gasteiger partial charge in [-0.25, -0.2) is 0 Å². The lowest BCUT2D eigenvalue weighted by molar-refractivity contribution is -0.122. The van der Waals surface area contributed by atoms with Crippen LogP contribution in [0.15, 0.2) is 12.2 Å². The SMILES string of the molecule is C=C(C)CCNC(=O)C1CCCN1. The summed E-state index contributed by atoms with van der Waals surface area (Å²) in [6, 6.07) is 0.0464. The van der Waals surface area contributed by atoms with E-state index in [0.29, 0.717) is 6.54 Å². The first-order valence-electron chi connectivity index (χ1n) is 4.85. The van der Waals surface area contributed by atoms with Crippen molar-refractivity contribution in [3.63, 3.8) is 0 Å². The third-order valence-electron chi connectivity index (χ3n) is 2.23. The minimum Gasteiger partial charge on any atom is -0.354 e. The first-order valence-corrected chi connectivity index (χ1v) is 4.85. The van der Waals surface area contributed by atoms with E-state index in [9.17, 15) is 4.79 Å². The molecule has 1 saturated heterocycles. The molecule has 1 aliphatic heterocycles. The van der Waals surface area contributed by atoms with Gasteiger partial charge in [-0.2, -0.15) is 0 Å². The Hall–Kier alpha value is -0.830. The highest BCUT2D eigenvalue weighted by Gasteiger charge is 2.20. The molecule has 1 aliphatic rings. The van der Waals surface area contributed by atoms with Crippen molar-refractivity contribution in [2.45, 2.75) is 32.2 Å². The maximum absolute atomic E-state index is 11.4. The molecule has 1 unspecified atom stereocenters. The smallest absolute Gasteiger partial charge is 0.237 e. The van der Waals surface area contributed by atoms with Crippen molar-refractivity contribution in [1.82, 2.24) is 10.6 Å². The summed E-state index contributed by atoms with van der Waals surface area (Å²) in [6.07, 6.45) is 2.95. The average molecular weight is 182 g/mol. The minimum absolute atomic E-state index is 0.0464. The van der Waals surface area contributed by atoms with Crippen molar-refractivity contribution in [3.8, 4) is 0 Å². The van der Waals surface area contributed by atoms with Gasteiger partial charge in [0.25, 0.3) is 0 Å². The van der Waals surface area contributed by atoms with Crippen LogP contribution >= 0.6 is 0 Å². The highest BCUT2D eigenvalue weighted by Crippen LogP contribution is 2.04. The van der Waals surface area contributed by atoms with Crippen LogP contribution in [0.1, 0.15) is 26.2 Å². The van der Waals surface area contributed by atoms with E-state index in [2.05, 4.69) is 17.2 Å². The molecule has 2 N–H and O–H groups in total. The molecule has 3 nitrogen and oxygen atoms in total. The fourth-order valence-corrected chi connectivity index (χ4v) is 1.43. The summed E-state index contributed by atoms with van der Waals surface area (Å²) < 4.78 is 0. The van der Waals surface area contributed by atoms with E-state index >= 15 is 0 Å². The normalized spacial score (nSPS) is 21.5. The number of carbonyl (C=O) groups excluding carboxylic acids is 1. The number of hydrogen-bond donors (Lipinski definition) is 2. The predicted octanol–water partition coefficient (Wildman–Crippen LogP) is 0.821. The third-order valence-corrected chi connectivity index (χ3v) is 2.23. The highest BCUT2D eigenvalue weighted by atomic mass is 16.2. The van der Waals surface area contributed by atoms with Gasteiger partial charge in [-0.15, -0.1) is 6.58 Å². The first-order chi connectivity index (χ1) is 6.20. The largest absolute Gasteiger partial charge is 0.354 e. The van der Waals surface area contributed by atoms with Crippen LogP contribution in [0, 0.1) is 0 Å². The van der Waals surface area contributed by atoms with Crippen molar-refractivity contribution >= 4 is 5.91 Å². The van der Waals surface area contributed by atoms with Gasteiger partial charge in [-0.05, 0) is 32.7 Å². The van der Waals surface area contributed by atoms with Gasteiger partial charge in [0.2, 0.25) is 5.91 Å². The van der Waals surface area contributed by atoms with E-state index < -0.39 is 0 Å². The van der Waals surface area contributed by atoms with Crippen LogP contribution in [0.3, 0.4) is 0 Å². The van der Waals surface area contributed by atoms with Crippen LogP contribution in [-0.4, -0.2) is 25.0 Å². The van der Waals surface area contributed by atoms with Crippen molar-refractivity contribution in [2.75, 3.05) is 13.1 Å². The van der Waals surface area contributed by atoms with Gasteiger partial charge in [0, 0.05) is 6.54 Å². The van der Waals surface area contributed by atoms with Gasteiger partial charge in [-0.3, -0.25) is 4.79 Å². The minimum atomic E-state index is 0.0464. The summed E-state index contributed by atoms with van der Waals surface area (Å²) in [5, 5.41) is 6.05. The quantitative estimate of drug-likeness (QED) is 0.632. The van der Waals surface area contributed by atoms with E-state index in [1.807, 2.05) is 6.92 Å². The molecule has 13 heavy (non-hydrogen) atoms. The molecule has 0 aliphatic carbocycles. The number of amides is 1. The van der Waals surface area contributed by atoms with Crippen molar-refractivity contribution in [1.29, 1.82) is 0 Å². The molecular weight excluding hydrogens is 164 g/mol. The number of hydrogen-bond acceptors (Lipinski definition) is 2. The van der Waals surface area contributed by atoms with Crippen LogP contribution in [0.2, 0.25) is 0 Å². The molecule has 0 aromatic rings. The second-order valence-corrected chi connectivity index (χ2v) is 3.65. The molecule has 1 atom stereocenters. The Labute approximate surface area is 79.6 Å². The van der Waals surface area contributed by atoms with Crippen LogP contribution in [0.25, 0.3) is 0 Å². The molecule has 0 aromatic heterocycles. The molecule has 1 heterocycles. The Morgan fingerprint density at radius 1 is 1.69 bits per heavy atom. The summed E-state index contributed by atoms with van der Waals surface area (Å²) in [5.41, 5.74) is 1.11. The Morgan fingerprint density at radius 2 is 2.46 bits per heavy atom. The van der Waals surface area contributed by atoms with E-state index in [0.717, 1.165) is 31.4 Å². The Morgan fingerprint density at radius 3 is 3.00 bits per heavy atom. The summed E-state index contributed by atoms with van der Waals surface area (Å²) >= 11 is 0. The van der Waals surface area contributed by atoms with E-state index in [1.54, 1.807) is 0 Å². The van der Waals surface area contributed by atoms with Crippen molar-refractivity contribution in [2.24, 2.45) is 0 Å². The zero-order chi connectivity index (χ0) is 9.68. The second-order valence-electron chi connectivity index (χ2n) is 3.65. The summed E-state index contributed by atoms with van der Waals surface area (Å²) in [7, 11) is 0. The van der Waals surface area contributed by atoms with Gasteiger partial charge in [-0.1, -0.05) is 5.57 Å². The van der Waals surface area contributed by atoms with Crippen molar-refractivity contribution in [3.05, 3.63) is 12.2 Å². The zero-order valence-corrected chi connectivity index (χ0v) is 8.23.